The number of likely N-dealkylation sites (N-methyl/N-ethyl adjacent to an activating group) is 1. The Kier molecular flexibility index (Phi) is 8.66. The Labute approximate surface area is 284 Å². The maximum absolute atomic E-state index is 15.0. The zero-order chi connectivity index (χ0) is 31.7. The van der Waals surface area contributed by atoms with Crippen LogP contribution in [0.25, 0.3) is 10.8 Å². The normalized spacial score (nSPS) is 27.9. The number of ether oxygens (including phenoxy) is 1. The Bertz CT molecular complexity index is 1680. The molecule has 0 radical (unpaired) electrons. The van der Waals surface area contributed by atoms with Crippen molar-refractivity contribution in [3.05, 3.63) is 64.6 Å². The van der Waals surface area contributed by atoms with Gasteiger partial charge in [0.25, 0.3) is 0 Å². The van der Waals surface area contributed by atoms with Gasteiger partial charge in [0, 0.05) is 16.6 Å². The zero-order valence-corrected chi connectivity index (χ0v) is 29.0. The number of nitrogens with zero attached hydrogens (tertiary/aromatic N) is 2. The van der Waals surface area contributed by atoms with Crippen molar-refractivity contribution in [2.24, 2.45) is 34.8 Å². The number of nitrogens with one attached hydrogen (secondary N) is 1. The van der Waals surface area contributed by atoms with Gasteiger partial charge in [-0.1, -0.05) is 40.2 Å². The molecule has 4 saturated carbocycles. The molecule has 3 amide bonds. The maximum atomic E-state index is 15.0. The van der Waals surface area contributed by atoms with Gasteiger partial charge >= 0.3 is 0 Å². The third kappa shape index (κ3) is 5.19. The quantitative estimate of drug-likeness (QED) is 0.304. The molecule has 5 aliphatic rings. The molecule has 8 nitrogen and oxygen atoms in total. The number of hydrogen-bond donors (Lipinski definition) is 2. The third-order valence-corrected chi connectivity index (χ3v) is 11.9. The molecule has 0 spiro atoms. The Morgan fingerprint density at radius 3 is 2.24 bits per heavy atom. The predicted molar refractivity (Wildman–Crippen MR) is 186 cm³/mol. The number of para-hydroxylation sites is 2. The maximum Gasteiger partial charge on any atom is 0.238 e. The van der Waals surface area contributed by atoms with E-state index in [0.29, 0.717) is 34.9 Å². The fraction of sp³-hybridized carbons (Fsp3) is 0.472. The molecule has 0 saturated heterocycles. The largest absolute Gasteiger partial charge is 0.496 e. The lowest BCUT2D eigenvalue weighted by atomic mass is 9.49. The standard InChI is InChI=1S/C36H41BrN4O4.ClH/c1-35(39-2,33(38)43)28-20-41(34(44)36-16-21-12-22(17-36)14-23(13-21)18-36)30-7-5-4-6-29(30)40(32(28)42)19-27-26-10-9-25(37)15-24(26)8-11-31(27)45-3;/h4-11,15,21-23,28,39H,12-14,16-20H2,1-3H3,(H2,38,43);1H/t21?,22?,23?,28-,35?,36?;/m1./s1. The predicted octanol–water partition coefficient (Wildman–Crippen LogP) is 6.21. The lowest BCUT2D eigenvalue weighted by molar-refractivity contribution is -0.144. The summed E-state index contributed by atoms with van der Waals surface area (Å²) in [5, 5.41) is 5.04. The van der Waals surface area contributed by atoms with Gasteiger partial charge in [-0.05, 0) is 111 Å². The number of hydrogen-bond acceptors (Lipinski definition) is 5. The number of primary amides is 1. The van der Waals surface area contributed by atoms with Crippen LogP contribution in [0, 0.1) is 29.1 Å². The minimum atomic E-state index is -1.40. The molecule has 4 fully saturated rings. The molecule has 3 N–H and O–H groups in total. The number of benzene rings is 3. The number of carbonyl (C=O) groups is 3. The van der Waals surface area contributed by atoms with E-state index in [0.717, 1.165) is 40.1 Å². The molecule has 3 aromatic carbocycles. The highest BCUT2D eigenvalue weighted by atomic mass is 79.9. The summed E-state index contributed by atoms with van der Waals surface area (Å²) in [7, 11) is 3.28. The molecule has 244 valence electrons. The summed E-state index contributed by atoms with van der Waals surface area (Å²) in [4.78, 5) is 46.6. The van der Waals surface area contributed by atoms with Crippen molar-refractivity contribution < 1.29 is 19.1 Å². The number of rotatable bonds is 7. The van der Waals surface area contributed by atoms with E-state index in [4.69, 9.17) is 10.5 Å². The fourth-order valence-corrected chi connectivity index (χ4v) is 9.74. The van der Waals surface area contributed by atoms with Gasteiger partial charge in [-0.3, -0.25) is 14.4 Å². The Morgan fingerprint density at radius 1 is 1.02 bits per heavy atom. The number of carbonyl (C=O) groups excluding carboxylic acids is 3. The molecule has 0 aromatic heterocycles. The minimum Gasteiger partial charge on any atom is -0.496 e. The van der Waals surface area contributed by atoms with Crippen molar-refractivity contribution >= 4 is 68.2 Å². The van der Waals surface area contributed by atoms with Crippen LogP contribution in [0.2, 0.25) is 0 Å². The van der Waals surface area contributed by atoms with E-state index in [2.05, 4.69) is 21.2 Å². The van der Waals surface area contributed by atoms with Gasteiger partial charge in [-0.2, -0.15) is 0 Å². The van der Waals surface area contributed by atoms with E-state index < -0.39 is 22.8 Å². The number of amides is 3. The molecule has 4 aliphatic carbocycles. The first-order valence-corrected chi connectivity index (χ1v) is 16.8. The summed E-state index contributed by atoms with van der Waals surface area (Å²) in [6, 6.07) is 17.6. The van der Waals surface area contributed by atoms with Crippen LogP contribution in [0.15, 0.2) is 59.1 Å². The number of fused-ring (bicyclic) bond motifs is 2. The van der Waals surface area contributed by atoms with E-state index >= 15 is 4.79 Å². The second kappa shape index (κ2) is 12.1. The number of nitrogens with two attached hydrogens (primary N) is 1. The zero-order valence-electron chi connectivity index (χ0n) is 26.6. The molecule has 4 bridgehead atoms. The van der Waals surface area contributed by atoms with Crippen molar-refractivity contribution in [2.45, 2.75) is 57.5 Å². The van der Waals surface area contributed by atoms with Crippen molar-refractivity contribution in [1.29, 1.82) is 0 Å². The SMILES string of the molecule is CNC(C)(C(N)=O)[C@@H]1CN(C(=O)C23CC4CC(CC(C4)C2)C3)c2ccccc2N(Cc2c(OC)ccc3cc(Br)ccc23)C1=O.Cl. The lowest BCUT2D eigenvalue weighted by Gasteiger charge is -2.56. The number of anilines is 2. The van der Waals surface area contributed by atoms with Crippen LogP contribution in [0.5, 0.6) is 5.75 Å². The highest BCUT2D eigenvalue weighted by Crippen LogP contribution is 2.61. The number of methoxy groups -OCH3 is 1. The molecule has 10 heteroatoms. The van der Waals surface area contributed by atoms with Crippen LogP contribution in [-0.4, -0.2) is 44.0 Å². The average Bonchev–Trinajstić information content (AvgIpc) is 3.14. The molecule has 46 heavy (non-hydrogen) atoms. The van der Waals surface area contributed by atoms with Gasteiger partial charge in [0.2, 0.25) is 17.7 Å². The molecule has 3 aromatic rings. The van der Waals surface area contributed by atoms with E-state index in [1.165, 1.54) is 19.3 Å². The number of halogens is 2. The topological polar surface area (TPSA) is 105 Å². The van der Waals surface area contributed by atoms with Crippen molar-refractivity contribution in [3.63, 3.8) is 0 Å². The van der Waals surface area contributed by atoms with E-state index in [-0.39, 0.29) is 37.3 Å². The first-order valence-electron chi connectivity index (χ1n) is 16.0. The fourth-order valence-electron chi connectivity index (χ4n) is 9.36. The molecule has 1 heterocycles. The van der Waals surface area contributed by atoms with Gasteiger partial charge in [0.15, 0.2) is 0 Å². The van der Waals surface area contributed by atoms with Crippen LogP contribution in [0.1, 0.15) is 51.0 Å². The van der Waals surface area contributed by atoms with Gasteiger partial charge in [0.1, 0.15) is 11.3 Å². The van der Waals surface area contributed by atoms with E-state index in [1.54, 1.807) is 26.0 Å². The van der Waals surface area contributed by atoms with Crippen molar-refractivity contribution in [3.8, 4) is 5.75 Å². The molecule has 8 rings (SSSR count). The summed E-state index contributed by atoms with van der Waals surface area (Å²) in [5.41, 5.74) is 6.38. The molecule has 1 aliphatic heterocycles. The summed E-state index contributed by atoms with van der Waals surface area (Å²) < 4.78 is 6.78. The molecular formula is C36H42BrClN4O4. The second-order valence-corrected chi connectivity index (χ2v) is 14.9. The minimum absolute atomic E-state index is 0. The molecule has 1 unspecified atom stereocenters. The first kappa shape index (κ1) is 32.8. The highest BCUT2D eigenvalue weighted by Gasteiger charge is 2.57. The van der Waals surface area contributed by atoms with Gasteiger partial charge in [0.05, 0.1) is 36.4 Å². The summed E-state index contributed by atoms with van der Waals surface area (Å²) in [6.45, 7) is 1.93. The van der Waals surface area contributed by atoms with Crippen LogP contribution in [0.4, 0.5) is 11.4 Å². The second-order valence-electron chi connectivity index (χ2n) is 14.0. The van der Waals surface area contributed by atoms with Gasteiger partial charge in [-0.25, -0.2) is 0 Å². The smallest absolute Gasteiger partial charge is 0.238 e. The van der Waals surface area contributed by atoms with Crippen LogP contribution in [-0.2, 0) is 20.9 Å². The molecule has 2 atom stereocenters. The highest BCUT2D eigenvalue weighted by molar-refractivity contribution is 9.10. The van der Waals surface area contributed by atoms with Gasteiger partial charge < -0.3 is 25.6 Å². The van der Waals surface area contributed by atoms with Gasteiger partial charge in [-0.15, -0.1) is 12.4 Å². The van der Waals surface area contributed by atoms with E-state index in [1.807, 2.05) is 59.5 Å². The lowest BCUT2D eigenvalue weighted by Crippen LogP contribution is -2.64. The summed E-state index contributed by atoms with van der Waals surface area (Å²) in [6.07, 6.45) is 6.38. The van der Waals surface area contributed by atoms with E-state index in [9.17, 15) is 9.59 Å². The Hall–Kier alpha value is -3.14. The first-order chi connectivity index (χ1) is 21.6. The summed E-state index contributed by atoms with van der Waals surface area (Å²) >= 11 is 3.58. The Balaban J connectivity index is 0.00000372. The average molecular weight is 710 g/mol. The van der Waals surface area contributed by atoms with Crippen molar-refractivity contribution in [2.75, 3.05) is 30.5 Å². The third-order valence-electron chi connectivity index (χ3n) is 11.4. The Morgan fingerprint density at radius 2 is 1.65 bits per heavy atom. The monoisotopic (exact) mass is 708 g/mol. The summed E-state index contributed by atoms with van der Waals surface area (Å²) in [5.74, 6) is 0.669. The molecular weight excluding hydrogens is 668 g/mol. The van der Waals surface area contributed by atoms with Crippen LogP contribution < -0.4 is 25.6 Å². The van der Waals surface area contributed by atoms with Crippen molar-refractivity contribution in [1.82, 2.24) is 5.32 Å². The van der Waals surface area contributed by atoms with Crippen LogP contribution in [0.3, 0.4) is 0 Å². The van der Waals surface area contributed by atoms with Crippen LogP contribution >= 0.6 is 28.3 Å².